The van der Waals surface area contributed by atoms with Gasteiger partial charge in [0.05, 0.1) is 10.6 Å². The number of aryl methyl sites for hydroxylation is 2. The Hall–Kier alpha value is -3.56. The van der Waals surface area contributed by atoms with Crippen molar-refractivity contribution in [1.29, 1.82) is 0 Å². The van der Waals surface area contributed by atoms with Gasteiger partial charge in [-0.1, -0.05) is 71.5 Å². The molecular formula is C25H24N4O3S2. The summed E-state index contributed by atoms with van der Waals surface area (Å²) >= 11 is 1.23. The highest BCUT2D eigenvalue weighted by atomic mass is 32.2. The smallest absolute Gasteiger partial charge is 0.264 e. The minimum atomic E-state index is -4.00. The molecule has 0 saturated heterocycles. The van der Waals surface area contributed by atoms with Crippen molar-refractivity contribution < 1.29 is 13.2 Å². The van der Waals surface area contributed by atoms with Gasteiger partial charge in [-0.25, -0.2) is 8.42 Å². The lowest BCUT2D eigenvalue weighted by Gasteiger charge is -2.26. The zero-order valence-corrected chi connectivity index (χ0v) is 20.7. The van der Waals surface area contributed by atoms with E-state index in [4.69, 9.17) is 0 Å². The molecule has 7 nitrogen and oxygen atoms in total. The zero-order valence-electron chi connectivity index (χ0n) is 19.0. The summed E-state index contributed by atoms with van der Waals surface area (Å²) in [5, 5.41) is 11.8. The van der Waals surface area contributed by atoms with Gasteiger partial charge in [-0.05, 0) is 50.1 Å². The van der Waals surface area contributed by atoms with E-state index in [-0.39, 0.29) is 4.90 Å². The summed E-state index contributed by atoms with van der Waals surface area (Å²) in [5.74, 6) is -0.507. The lowest BCUT2D eigenvalue weighted by atomic mass is 10.1. The Bertz CT molecular complexity index is 1420. The molecule has 4 aromatic rings. The number of carbonyl (C=O) groups excluding carboxylic acids is 1. The molecule has 0 atom stereocenters. The van der Waals surface area contributed by atoms with E-state index in [0.717, 1.165) is 26.6 Å². The Morgan fingerprint density at radius 1 is 0.912 bits per heavy atom. The molecule has 4 rings (SSSR count). The predicted molar refractivity (Wildman–Crippen MR) is 136 cm³/mol. The summed E-state index contributed by atoms with van der Waals surface area (Å²) in [6, 6.07) is 21.5. The number of nitrogens with zero attached hydrogens (tertiary/aromatic N) is 3. The van der Waals surface area contributed by atoms with E-state index >= 15 is 0 Å². The molecule has 0 bridgehead atoms. The van der Waals surface area contributed by atoms with E-state index in [0.29, 0.717) is 15.8 Å². The standard InChI is InChI=1S/C25H24N4O3S2/c1-17-12-14-21(15-13-17)34(31,32)29(22-11-7-8-18(2)19(22)3)16-23(30)26-25-28-27-24(33-25)20-9-5-4-6-10-20/h4-15H,16H2,1-3H3,(H,26,28,30). The van der Waals surface area contributed by atoms with Crippen molar-refractivity contribution in [3.05, 3.63) is 89.5 Å². The van der Waals surface area contributed by atoms with Gasteiger partial charge in [-0.15, -0.1) is 10.2 Å². The van der Waals surface area contributed by atoms with Gasteiger partial charge in [-0.3, -0.25) is 14.4 Å². The second-order valence-corrected chi connectivity index (χ2v) is 10.7. The largest absolute Gasteiger partial charge is 0.299 e. The number of carbonyl (C=O) groups is 1. The van der Waals surface area contributed by atoms with Crippen molar-refractivity contribution in [2.45, 2.75) is 25.7 Å². The highest BCUT2D eigenvalue weighted by molar-refractivity contribution is 7.92. The van der Waals surface area contributed by atoms with Gasteiger partial charge in [0.25, 0.3) is 10.0 Å². The normalized spacial score (nSPS) is 11.3. The number of hydrogen-bond donors (Lipinski definition) is 1. The molecular weight excluding hydrogens is 468 g/mol. The number of anilines is 2. The van der Waals surface area contributed by atoms with Gasteiger partial charge in [0, 0.05) is 5.56 Å². The van der Waals surface area contributed by atoms with Crippen LogP contribution in [0.25, 0.3) is 10.6 Å². The highest BCUT2D eigenvalue weighted by Crippen LogP contribution is 2.30. The molecule has 9 heteroatoms. The Labute approximate surface area is 203 Å². The van der Waals surface area contributed by atoms with E-state index in [1.165, 1.54) is 11.3 Å². The van der Waals surface area contributed by atoms with E-state index in [2.05, 4.69) is 15.5 Å². The molecule has 1 amide bonds. The summed E-state index contributed by atoms with van der Waals surface area (Å²) < 4.78 is 28.4. The third kappa shape index (κ3) is 5.00. The van der Waals surface area contributed by atoms with Gasteiger partial charge in [-0.2, -0.15) is 0 Å². The van der Waals surface area contributed by atoms with Crippen LogP contribution in [0.4, 0.5) is 10.8 Å². The first-order valence-corrected chi connectivity index (χ1v) is 12.9. The lowest BCUT2D eigenvalue weighted by molar-refractivity contribution is -0.114. The SMILES string of the molecule is Cc1ccc(S(=O)(=O)N(CC(=O)Nc2nnc(-c3ccccc3)s2)c2cccc(C)c2C)cc1. The summed E-state index contributed by atoms with van der Waals surface area (Å²) in [5.41, 5.74) is 4.00. The number of nitrogens with one attached hydrogen (secondary N) is 1. The van der Waals surface area contributed by atoms with Crippen LogP contribution in [0, 0.1) is 20.8 Å². The molecule has 0 aliphatic carbocycles. The molecule has 0 fully saturated rings. The first-order valence-electron chi connectivity index (χ1n) is 10.6. The molecule has 1 heterocycles. The van der Waals surface area contributed by atoms with Crippen LogP contribution in [-0.4, -0.2) is 31.1 Å². The fraction of sp³-hybridized carbons (Fsp3) is 0.160. The average Bonchev–Trinajstić information content (AvgIpc) is 3.29. The average molecular weight is 493 g/mol. The van der Waals surface area contributed by atoms with E-state index < -0.39 is 22.5 Å². The number of sulfonamides is 1. The second kappa shape index (κ2) is 9.74. The molecule has 0 spiro atoms. The predicted octanol–water partition coefficient (Wildman–Crippen LogP) is 4.96. The third-order valence-electron chi connectivity index (χ3n) is 5.43. The molecule has 0 aliphatic heterocycles. The topological polar surface area (TPSA) is 92.3 Å². The number of rotatable bonds is 7. The van der Waals surface area contributed by atoms with Crippen LogP contribution in [0.5, 0.6) is 0 Å². The first kappa shape index (κ1) is 23.6. The summed E-state index contributed by atoms with van der Waals surface area (Å²) in [7, 11) is -4.00. The molecule has 0 unspecified atom stereocenters. The Morgan fingerprint density at radius 3 is 2.32 bits per heavy atom. The van der Waals surface area contributed by atoms with E-state index in [1.54, 1.807) is 36.4 Å². The molecule has 174 valence electrons. The maximum absolute atomic E-state index is 13.6. The lowest BCUT2D eigenvalue weighted by Crippen LogP contribution is -2.38. The Kier molecular flexibility index (Phi) is 6.76. The van der Waals surface area contributed by atoms with Crippen LogP contribution in [-0.2, 0) is 14.8 Å². The fourth-order valence-electron chi connectivity index (χ4n) is 3.40. The quantitative estimate of drug-likeness (QED) is 0.393. The number of benzene rings is 3. The van der Waals surface area contributed by atoms with Crippen molar-refractivity contribution in [3.8, 4) is 10.6 Å². The Morgan fingerprint density at radius 2 is 1.62 bits per heavy atom. The minimum absolute atomic E-state index is 0.120. The number of amides is 1. The second-order valence-electron chi connectivity index (χ2n) is 7.87. The van der Waals surface area contributed by atoms with Crippen LogP contribution < -0.4 is 9.62 Å². The van der Waals surface area contributed by atoms with Gasteiger partial charge in [0.2, 0.25) is 11.0 Å². The van der Waals surface area contributed by atoms with Gasteiger partial charge < -0.3 is 0 Å². The molecule has 0 aliphatic rings. The number of hydrogen-bond acceptors (Lipinski definition) is 6. The first-order chi connectivity index (χ1) is 16.3. The summed E-state index contributed by atoms with van der Waals surface area (Å²) in [4.78, 5) is 13.1. The van der Waals surface area contributed by atoms with Crippen molar-refractivity contribution in [3.63, 3.8) is 0 Å². The van der Waals surface area contributed by atoms with E-state index in [1.807, 2.05) is 57.2 Å². The highest BCUT2D eigenvalue weighted by Gasteiger charge is 2.29. The maximum Gasteiger partial charge on any atom is 0.264 e. The van der Waals surface area contributed by atoms with Crippen LogP contribution in [0.2, 0.25) is 0 Å². The third-order valence-corrected chi connectivity index (χ3v) is 8.09. The Balaban J connectivity index is 1.63. The molecule has 0 saturated carbocycles. The van der Waals surface area contributed by atoms with Crippen molar-refractivity contribution >= 4 is 38.1 Å². The summed E-state index contributed by atoms with van der Waals surface area (Å²) in [6.45, 7) is 5.23. The van der Waals surface area contributed by atoms with Gasteiger partial charge >= 0.3 is 0 Å². The van der Waals surface area contributed by atoms with Crippen LogP contribution >= 0.6 is 11.3 Å². The van der Waals surface area contributed by atoms with E-state index in [9.17, 15) is 13.2 Å². The van der Waals surface area contributed by atoms with Crippen LogP contribution in [0.3, 0.4) is 0 Å². The molecule has 34 heavy (non-hydrogen) atoms. The van der Waals surface area contributed by atoms with Crippen LogP contribution in [0.1, 0.15) is 16.7 Å². The van der Waals surface area contributed by atoms with Gasteiger partial charge in [0.15, 0.2) is 0 Å². The molecule has 1 N–H and O–H groups in total. The summed E-state index contributed by atoms with van der Waals surface area (Å²) in [6.07, 6.45) is 0. The maximum atomic E-state index is 13.6. The molecule has 1 aromatic heterocycles. The monoisotopic (exact) mass is 492 g/mol. The van der Waals surface area contributed by atoms with Gasteiger partial charge in [0.1, 0.15) is 11.6 Å². The molecule has 3 aromatic carbocycles. The van der Waals surface area contributed by atoms with Crippen molar-refractivity contribution in [2.75, 3.05) is 16.2 Å². The van der Waals surface area contributed by atoms with Crippen molar-refractivity contribution in [2.24, 2.45) is 0 Å². The number of aromatic nitrogens is 2. The van der Waals surface area contributed by atoms with Crippen LogP contribution in [0.15, 0.2) is 77.7 Å². The molecule has 0 radical (unpaired) electrons. The zero-order chi connectivity index (χ0) is 24.3. The fourth-order valence-corrected chi connectivity index (χ4v) is 5.65. The minimum Gasteiger partial charge on any atom is -0.299 e. The van der Waals surface area contributed by atoms with Crippen molar-refractivity contribution in [1.82, 2.24) is 10.2 Å².